The molecule has 2 nitrogen and oxygen atoms in total. The molecule has 4 heteroatoms. The van der Waals surface area contributed by atoms with Gasteiger partial charge in [0.15, 0.2) is 0 Å². The van der Waals surface area contributed by atoms with Crippen molar-refractivity contribution in [3.8, 4) is 11.1 Å². The maximum Gasteiger partial charge on any atom is 0.328 e. The molecule has 0 aliphatic carbocycles. The Morgan fingerprint density at radius 3 is 2.30 bits per heavy atom. The van der Waals surface area contributed by atoms with Crippen molar-refractivity contribution in [2.75, 3.05) is 0 Å². The van der Waals surface area contributed by atoms with Crippen LogP contribution in [0.1, 0.15) is 12.5 Å². The number of carboxylic acid groups (broad SMARTS) is 1. The molecule has 0 atom stereocenters. The number of hydrogen-bond donors (Lipinski definition) is 1. The molecule has 0 spiro atoms. The number of aliphatic carboxylic acids is 1. The minimum atomic E-state index is -0.975. The Hall–Kier alpha value is -2.13. The summed E-state index contributed by atoms with van der Waals surface area (Å²) >= 11 is 5.75. The molecule has 2 aromatic carbocycles. The molecule has 1 N–H and O–H groups in total. The Morgan fingerprint density at radius 1 is 1.15 bits per heavy atom. The highest BCUT2D eigenvalue weighted by atomic mass is 35.5. The van der Waals surface area contributed by atoms with Crippen LogP contribution in [0.15, 0.2) is 48.5 Å². The number of halogens is 2. The van der Waals surface area contributed by atoms with Crippen LogP contribution in [0.2, 0.25) is 5.02 Å². The molecule has 0 radical (unpaired) electrons. The topological polar surface area (TPSA) is 37.3 Å². The van der Waals surface area contributed by atoms with Crippen LogP contribution >= 0.6 is 11.6 Å². The lowest BCUT2D eigenvalue weighted by Gasteiger charge is -2.05. The lowest BCUT2D eigenvalue weighted by molar-refractivity contribution is -0.131. The fourth-order valence-electron chi connectivity index (χ4n) is 1.87. The van der Waals surface area contributed by atoms with Gasteiger partial charge in [-0.1, -0.05) is 41.9 Å². The first-order valence-corrected chi connectivity index (χ1v) is 6.32. The van der Waals surface area contributed by atoms with Crippen LogP contribution in [0, 0.1) is 5.82 Å². The normalized spacial score (nSPS) is 11.4. The van der Waals surface area contributed by atoms with Crippen LogP contribution in [-0.4, -0.2) is 11.1 Å². The molecular formula is C16H12ClFO2. The predicted octanol–water partition coefficient (Wildman–Crippen LogP) is 4.63. The Kier molecular flexibility index (Phi) is 4.20. The third kappa shape index (κ3) is 3.25. The van der Waals surface area contributed by atoms with Gasteiger partial charge < -0.3 is 5.11 Å². The summed E-state index contributed by atoms with van der Waals surface area (Å²) in [6, 6.07) is 11.9. The van der Waals surface area contributed by atoms with E-state index in [0.29, 0.717) is 5.57 Å². The van der Waals surface area contributed by atoms with Gasteiger partial charge in [0.25, 0.3) is 0 Å². The number of rotatable bonds is 3. The van der Waals surface area contributed by atoms with Gasteiger partial charge in [-0.25, -0.2) is 9.18 Å². The number of carboxylic acids is 1. The highest BCUT2D eigenvalue weighted by molar-refractivity contribution is 6.31. The predicted molar refractivity (Wildman–Crippen MR) is 78.1 cm³/mol. The second kappa shape index (κ2) is 5.88. The van der Waals surface area contributed by atoms with Crippen molar-refractivity contribution in [2.45, 2.75) is 6.92 Å². The average Bonchev–Trinajstić information content (AvgIpc) is 2.41. The summed E-state index contributed by atoms with van der Waals surface area (Å²) in [5.74, 6) is -1.43. The van der Waals surface area contributed by atoms with E-state index in [1.165, 1.54) is 6.07 Å². The van der Waals surface area contributed by atoms with Crippen molar-refractivity contribution in [3.05, 3.63) is 64.9 Å². The zero-order valence-corrected chi connectivity index (χ0v) is 11.5. The molecule has 0 saturated heterocycles. The van der Waals surface area contributed by atoms with E-state index < -0.39 is 11.8 Å². The number of allylic oxidation sites excluding steroid dienone is 1. The summed E-state index contributed by atoms with van der Waals surface area (Å²) in [4.78, 5) is 10.6. The van der Waals surface area contributed by atoms with E-state index in [0.717, 1.165) is 22.8 Å². The molecule has 0 saturated carbocycles. The van der Waals surface area contributed by atoms with Crippen molar-refractivity contribution < 1.29 is 14.3 Å². The van der Waals surface area contributed by atoms with E-state index in [4.69, 9.17) is 16.7 Å². The monoisotopic (exact) mass is 290 g/mol. The molecule has 20 heavy (non-hydrogen) atoms. The third-order valence-corrected chi connectivity index (χ3v) is 3.22. The van der Waals surface area contributed by atoms with E-state index in [2.05, 4.69) is 0 Å². The van der Waals surface area contributed by atoms with Gasteiger partial charge in [-0.05, 0) is 41.3 Å². The number of benzene rings is 2. The van der Waals surface area contributed by atoms with Crippen molar-refractivity contribution in [3.63, 3.8) is 0 Å². The molecule has 2 aromatic rings. The van der Waals surface area contributed by atoms with Crippen molar-refractivity contribution in [1.29, 1.82) is 0 Å². The quantitative estimate of drug-likeness (QED) is 0.837. The minimum Gasteiger partial charge on any atom is -0.478 e. The van der Waals surface area contributed by atoms with Crippen LogP contribution < -0.4 is 0 Å². The van der Waals surface area contributed by atoms with Gasteiger partial charge in [-0.15, -0.1) is 0 Å². The van der Waals surface area contributed by atoms with Crippen LogP contribution in [0.5, 0.6) is 0 Å². The molecule has 0 aromatic heterocycles. The second-order valence-corrected chi connectivity index (χ2v) is 4.78. The molecule has 0 heterocycles. The Morgan fingerprint density at radius 2 is 1.75 bits per heavy atom. The van der Waals surface area contributed by atoms with Crippen molar-refractivity contribution >= 4 is 23.1 Å². The molecule has 2 rings (SSSR count). The van der Waals surface area contributed by atoms with Crippen LogP contribution in [0.4, 0.5) is 4.39 Å². The average molecular weight is 291 g/mol. The summed E-state index contributed by atoms with van der Waals surface area (Å²) in [5.41, 5.74) is 3.19. The van der Waals surface area contributed by atoms with E-state index in [9.17, 15) is 9.18 Å². The van der Waals surface area contributed by atoms with Gasteiger partial charge in [-0.2, -0.15) is 0 Å². The summed E-state index contributed by atoms with van der Waals surface area (Å²) in [7, 11) is 0. The molecule has 0 unspecified atom stereocenters. The highest BCUT2D eigenvalue weighted by Crippen LogP contribution is 2.26. The Bertz CT molecular complexity index is 675. The third-order valence-electron chi connectivity index (χ3n) is 2.93. The summed E-state index contributed by atoms with van der Waals surface area (Å²) < 4.78 is 13.1. The van der Waals surface area contributed by atoms with Crippen LogP contribution in [0.25, 0.3) is 16.7 Å². The second-order valence-electron chi connectivity index (χ2n) is 4.37. The minimum absolute atomic E-state index is 0.0773. The van der Waals surface area contributed by atoms with Gasteiger partial charge >= 0.3 is 5.97 Å². The van der Waals surface area contributed by atoms with E-state index in [1.54, 1.807) is 19.1 Å². The molecule has 0 amide bonds. The first kappa shape index (κ1) is 14.3. The fraction of sp³-hybridized carbons (Fsp3) is 0.0625. The molecule has 0 bridgehead atoms. The molecular weight excluding hydrogens is 279 g/mol. The van der Waals surface area contributed by atoms with E-state index >= 15 is 0 Å². The first-order valence-electron chi connectivity index (χ1n) is 5.94. The van der Waals surface area contributed by atoms with Gasteiger partial charge in [-0.3, -0.25) is 0 Å². The lowest BCUT2D eigenvalue weighted by Crippen LogP contribution is -1.90. The summed E-state index contributed by atoms with van der Waals surface area (Å²) in [6.07, 6.45) is 1.16. The highest BCUT2D eigenvalue weighted by Gasteiger charge is 2.04. The van der Waals surface area contributed by atoms with E-state index in [1.807, 2.05) is 24.3 Å². The van der Waals surface area contributed by atoms with Gasteiger partial charge in [0, 0.05) is 6.08 Å². The zero-order valence-electron chi connectivity index (χ0n) is 10.7. The number of carbonyl (C=O) groups is 1. The maximum absolute atomic E-state index is 13.1. The standard InChI is InChI=1S/C16H12ClFO2/c1-10(8-16(19)20)11-2-4-12(5-3-11)13-6-7-15(18)14(17)9-13/h2-9H,1H3,(H,19,20)/b10-8+. The Balaban J connectivity index is 2.32. The van der Waals surface area contributed by atoms with Crippen molar-refractivity contribution in [1.82, 2.24) is 0 Å². The molecule has 102 valence electrons. The summed E-state index contributed by atoms with van der Waals surface area (Å²) in [5, 5.41) is 8.79. The largest absolute Gasteiger partial charge is 0.478 e. The lowest BCUT2D eigenvalue weighted by atomic mass is 10.0. The Labute approximate surface area is 121 Å². The maximum atomic E-state index is 13.1. The van der Waals surface area contributed by atoms with Crippen molar-refractivity contribution in [2.24, 2.45) is 0 Å². The van der Waals surface area contributed by atoms with E-state index in [-0.39, 0.29) is 5.02 Å². The van der Waals surface area contributed by atoms with Gasteiger partial charge in [0.2, 0.25) is 0 Å². The van der Waals surface area contributed by atoms with Gasteiger partial charge in [0.05, 0.1) is 5.02 Å². The zero-order chi connectivity index (χ0) is 14.7. The SMILES string of the molecule is C/C(=C\C(=O)O)c1ccc(-c2ccc(F)c(Cl)c2)cc1. The van der Waals surface area contributed by atoms with Crippen LogP contribution in [0.3, 0.4) is 0 Å². The van der Waals surface area contributed by atoms with Gasteiger partial charge in [0.1, 0.15) is 5.82 Å². The first-order chi connectivity index (χ1) is 9.47. The van der Waals surface area contributed by atoms with Crippen LogP contribution in [-0.2, 0) is 4.79 Å². The molecule has 0 aliphatic heterocycles. The molecule has 0 fully saturated rings. The smallest absolute Gasteiger partial charge is 0.328 e. The molecule has 0 aliphatic rings. The number of hydrogen-bond acceptors (Lipinski definition) is 1. The summed E-state index contributed by atoms with van der Waals surface area (Å²) in [6.45, 7) is 1.73. The fourth-order valence-corrected chi connectivity index (χ4v) is 2.05.